The first-order valence-corrected chi connectivity index (χ1v) is 6.57. The smallest absolute Gasteiger partial charge is 0.259 e. The Balaban J connectivity index is 2.16. The summed E-state index contributed by atoms with van der Waals surface area (Å²) in [7, 11) is 0. The molecule has 100 valence electrons. The Morgan fingerprint density at radius 3 is 2.38 bits per heavy atom. The molecule has 1 N–H and O–H groups in total. The number of imide groups is 1. The molecule has 1 aliphatic rings. The van der Waals surface area contributed by atoms with Gasteiger partial charge in [0.2, 0.25) is 0 Å². The SMILES string of the molecule is O=C1NC(=O)c2c1c(-c1ccncc1)cc1ccccc21. The summed E-state index contributed by atoms with van der Waals surface area (Å²) in [5.41, 5.74) is 2.54. The van der Waals surface area contributed by atoms with Gasteiger partial charge in [0.05, 0.1) is 11.1 Å². The van der Waals surface area contributed by atoms with Gasteiger partial charge < -0.3 is 0 Å². The molecular formula is C17H10N2O2. The molecule has 2 amide bonds. The number of amides is 2. The lowest BCUT2D eigenvalue weighted by Gasteiger charge is -2.09. The van der Waals surface area contributed by atoms with E-state index >= 15 is 0 Å². The van der Waals surface area contributed by atoms with Crippen LogP contribution in [-0.2, 0) is 0 Å². The largest absolute Gasteiger partial charge is 0.288 e. The Kier molecular flexibility index (Phi) is 2.38. The van der Waals surface area contributed by atoms with E-state index in [1.807, 2.05) is 42.5 Å². The van der Waals surface area contributed by atoms with E-state index in [2.05, 4.69) is 10.3 Å². The number of benzene rings is 2. The molecule has 2 aromatic carbocycles. The molecule has 0 fully saturated rings. The molecule has 0 unspecified atom stereocenters. The van der Waals surface area contributed by atoms with Gasteiger partial charge >= 0.3 is 0 Å². The zero-order chi connectivity index (χ0) is 14.4. The molecule has 1 aliphatic heterocycles. The lowest BCUT2D eigenvalue weighted by molar-refractivity contribution is 0.0880. The van der Waals surface area contributed by atoms with Crippen molar-refractivity contribution < 1.29 is 9.59 Å². The minimum absolute atomic E-state index is 0.331. The molecular weight excluding hydrogens is 264 g/mol. The third kappa shape index (κ3) is 1.66. The Bertz CT molecular complexity index is 901. The Morgan fingerprint density at radius 2 is 1.57 bits per heavy atom. The van der Waals surface area contributed by atoms with Gasteiger partial charge in [-0.3, -0.25) is 19.9 Å². The van der Waals surface area contributed by atoms with Gasteiger partial charge in [0.25, 0.3) is 11.8 Å². The van der Waals surface area contributed by atoms with Crippen molar-refractivity contribution in [3.8, 4) is 11.1 Å². The van der Waals surface area contributed by atoms with Crippen molar-refractivity contribution in [2.24, 2.45) is 0 Å². The number of nitrogens with one attached hydrogen (secondary N) is 1. The summed E-state index contributed by atoms with van der Waals surface area (Å²) in [4.78, 5) is 28.3. The van der Waals surface area contributed by atoms with Crippen molar-refractivity contribution in [2.45, 2.75) is 0 Å². The second-order valence-electron chi connectivity index (χ2n) is 4.91. The molecule has 21 heavy (non-hydrogen) atoms. The van der Waals surface area contributed by atoms with E-state index in [-0.39, 0.29) is 11.8 Å². The third-order valence-electron chi connectivity index (χ3n) is 3.72. The minimum Gasteiger partial charge on any atom is -0.288 e. The van der Waals surface area contributed by atoms with Gasteiger partial charge in [0.1, 0.15) is 0 Å². The van der Waals surface area contributed by atoms with E-state index in [1.54, 1.807) is 12.4 Å². The average Bonchev–Trinajstić information content (AvgIpc) is 2.83. The maximum absolute atomic E-state index is 12.2. The number of nitrogens with zero attached hydrogens (tertiary/aromatic N) is 1. The van der Waals surface area contributed by atoms with E-state index in [4.69, 9.17) is 0 Å². The van der Waals surface area contributed by atoms with Crippen molar-refractivity contribution >= 4 is 22.6 Å². The number of hydrogen-bond donors (Lipinski definition) is 1. The summed E-state index contributed by atoms with van der Waals surface area (Å²) in [5, 5.41) is 4.13. The molecule has 0 spiro atoms. The van der Waals surface area contributed by atoms with Crippen LogP contribution in [0.5, 0.6) is 0 Å². The molecule has 2 heterocycles. The molecule has 0 atom stereocenters. The lowest BCUT2D eigenvalue weighted by atomic mass is 9.92. The fraction of sp³-hybridized carbons (Fsp3) is 0. The second kappa shape index (κ2) is 4.24. The number of aromatic nitrogens is 1. The highest BCUT2D eigenvalue weighted by Crippen LogP contribution is 2.34. The average molecular weight is 274 g/mol. The fourth-order valence-corrected chi connectivity index (χ4v) is 2.81. The summed E-state index contributed by atoms with van der Waals surface area (Å²) >= 11 is 0. The van der Waals surface area contributed by atoms with Gasteiger partial charge in [-0.05, 0) is 40.1 Å². The van der Waals surface area contributed by atoms with E-state index in [0.717, 1.165) is 21.9 Å². The van der Waals surface area contributed by atoms with Crippen molar-refractivity contribution in [2.75, 3.05) is 0 Å². The van der Waals surface area contributed by atoms with Crippen molar-refractivity contribution in [1.29, 1.82) is 0 Å². The van der Waals surface area contributed by atoms with Crippen LogP contribution in [-0.4, -0.2) is 16.8 Å². The predicted octanol–water partition coefficient (Wildman–Crippen LogP) is 2.79. The first kappa shape index (κ1) is 11.8. The molecule has 3 aromatic rings. The topological polar surface area (TPSA) is 59.1 Å². The van der Waals surface area contributed by atoms with Crippen LogP contribution in [0.1, 0.15) is 20.7 Å². The normalized spacial score (nSPS) is 13.3. The molecule has 4 heteroatoms. The van der Waals surface area contributed by atoms with Crippen LogP contribution in [0.15, 0.2) is 54.9 Å². The highest BCUT2D eigenvalue weighted by Gasteiger charge is 2.31. The number of fused-ring (bicyclic) bond motifs is 3. The van der Waals surface area contributed by atoms with Gasteiger partial charge in [-0.25, -0.2) is 0 Å². The van der Waals surface area contributed by atoms with Crippen LogP contribution in [0.3, 0.4) is 0 Å². The second-order valence-corrected chi connectivity index (χ2v) is 4.91. The number of carbonyl (C=O) groups is 2. The van der Waals surface area contributed by atoms with Crippen molar-refractivity contribution in [1.82, 2.24) is 10.3 Å². The van der Waals surface area contributed by atoms with Crippen molar-refractivity contribution in [3.05, 3.63) is 66.0 Å². The van der Waals surface area contributed by atoms with Crippen LogP contribution in [0.4, 0.5) is 0 Å². The quantitative estimate of drug-likeness (QED) is 0.694. The van der Waals surface area contributed by atoms with E-state index in [9.17, 15) is 9.59 Å². The van der Waals surface area contributed by atoms with Crippen molar-refractivity contribution in [3.63, 3.8) is 0 Å². The molecule has 1 aromatic heterocycles. The monoisotopic (exact) mass is 274 g/mol. The lowest BCUT2D eigenvalue weighted by Crippen LogP contribution is -2.20. The molecule has 0 aliphatic carbocycles. The standard InChI is InChI=1S/C17H10N2O2/c20-16-14-12-4-2-1-3-11(12)9-13(15(14)17(21)19-16)10-5-7-18-8-6-10/h1-9H,(H,19,20,21). The van der Waals surface area contributed by atoms with Gasteiger partial charge in [0, 0.05) is 12.4 Å². The molecule has 4 rings (SSSR count). The van der Waals surface area contributed by atoms with Gasteiger partial charge in [0.15, 0.2) is 0 Å². The summed E-state index contributed by atoms with van der Waals surface area (Å²) in [6, 6.07) is 13.2. The van der Waals surface area contributed by atoms with Crippen LogP contribution in [0.25, 0.3) is 21.9 Å². The number of hydrogen-bond acceptors (Lipinski definition) is 3. The highest BCUT2D eigenvalue weighted by atomic mass is 16.2. The zero-order valence-corrected chi connectivity index (χ0v) is 11.0. The number of rotatable bonds is 1. The first-order chi connectivity index (χ1) is 10.3. The molecule has 0 saturated carbocycles. The number of pyridine rings is 1. The van der Waals surface area contributed by atoms with E-state index in [1.165, 1.54) is 0 Å². The van der Waals surface area contributed by atoms with Gasteiger partial charge in [-0.2, -0.15) is 0 Å². The summed E-state index contributed by atoms with van der Waals surface area (Å²) in [6.45, 7) is 0. The van der Waals surface area contributed by atoms with Crippen LogP contribution >= 0.6 is 0 Å². The van der Waals surface area contributed by atoms with Crippen LogP contribution < -0.4 is 5.32 Å². The highest BCUT2D eigenvalue weighted by molar-refractivity contribution is 6.29. The number of carbonyl (C=O) groups excluding carboxylic acids is 2. The van der Waals surface area contributed by atoms with Crippen LogP contribution in [0, 0.1) is 0 Å². The third-order valence-corrected chi connectivity index (χ3v) is 3.72. The Labute approximate surface area is 120 Å². The van der Waals surface area contributed by atoms with Crippen LogP contribution in [0.2, 0.25) is 0 Å². The first-order valence-electron chi connectivity index (χ1n) is 6.57. The Morgan fingerprint density at radius 1 is 0.857 bits per heavy atom. The van der Waals surface area contributed by atoms with Gasteiger partial charge in [-0.15, -0.1) is 0 Å². The predicted molar refractivity (Wildman–Crippen MR) is 79.0 cm³/mol. The fourth-order valence-electron chi connectivity index (χ4n) is 2.81. The Hall–Kier alpha value is -3.01. The summed E-state index contributed by atoms with van der Waals surface area (Å²) < 4.78 is 0. The maximum Gasteiger partial charge on any atom is 0.259 e. The molecule has 0 radical (unpaired) electrons. The minimum atomic E-state index is -0.340. The summed E-state index contributed by atoms with van der Waals surface area (Å²) in [5.74, 6) is -0.672. The molecule has 0 saturated heterocycles. The zero-order valence-electron chi connectivity index (χ0n) is 11.0. The molecule has 0 bridgehead atoms. The van der Waals surface area contributed by atoms with Gasteiger partial charge in [-0.1, -0.05) is 24.3 Å². The summed E-state index contributed by atoms with van der Waals surface area (Å²) in [6.07, 6.45) is 3.34. The molecule has 4 nitrogen and oxygen atoms in total. The van der Waals surface area contributed by atoms with E-state index < -0.39 is 0 Å². The van der Waals surface area contributed by atoms with E-state index in [0.29, 0.717) is 11.1 Å². The maximum atomic E-state index is 12.2.